The van der Waals surface area contributed by atoms with Crippen LogP contribution in [0.4, 0.5) is 0 Å². The quantitative estimate of drug-likeness (QED) is 0.169. The van der Waals surface area contributed by atoms with Crippen molar-refractivity contribution < 1.29 is 4.42 Å². The molecule has 0 bridgehead atoms. The number of thiophene rings is 1. The fraction of sp³-hybridized carbons (Fsp3) is 0.0227. The molecule has 0 unspecified atom stereocenters. The van der Waals surface area contributed by atoms with Crippen molar-refractivity contribution in [2.45, 2.75) is 6.92 Å². The van der Waals surface area contributed by atoms with Crippen molar-refractivity contribution in [3.8, 4) is 45.3 Å². The maximum atomic E-state index is 6.42. The molecule has 0 aliphatic rings. The monoisotopic (exact) mass is 647 g/mol. The predicted molar refractivity (Wildman–Crippen MR) is 206 cm³/mol. The van der Waals surface area contributed by atoms with Crippen LogP contribution in [-0.2, 0) is 0 Å². The van der Waals surface area contributed by atoms with E-state index in [1.54, 1.807) is 11.3 Å². The van der Waals surface area contributed by atoms with Crippen molar-refractivity contribution in [2.24, 2.45) is 0 Å². The van der Waals surface area contributed by atoms with Crippen molar-refractivity contribution in [2.75, 3.05) is 0 Å². The Hall–Kier alpha value is -6.17. The van der Waals surface area contributed by atoms with E-state index in [1.165, 1.54) is 14.8 Å². The van der Waals surface area contributed by atoms with Gasteiger partial charge in [0.1, 0.15) is 11.2 Å². The molecule has 0 aliphatic carbocycles. The number of allylic oxidation sites excluding steroid dienone is 3. The minimum absolute atomic E-state index is 0.601. The normalized spacial score (nSPS) is 12.0. The molecule has 3 aromatic heterocycles. The highest BCUT2D eigenvalue weighted by Gasteiger charge is 2.23. The summed E-state index contributed by atoms with van der Waals surface area (Å²) >= 11 is 1.79. The van der Waals surface area contributed by atoms with Gasteiger partial charge >= 0.3 is 0 Å². The number of furan rings is 1. The molecule has 0 fully saturated rings. The lowest BCUT2D eigenvalue weighted by Crippen LogP contribution is -2.01. The van der Waals surface area contributed by atoms with Gasteiger partial charge in [-0.05, 0) is 53.9 Å². The molecule has 0 aliphatic heterocycles. The molecular formula is C44H29N3OS. The summed E-state index contributed by atoms with van der Waals surface area (Å²) in [5.41, 5.74) is 7.67. The third-order valence-electron chi connectivity index (χ3n) is 8.89. The number of benzene rings is 6. The smallest absolute Gasteiger partial charge is 0.165 e. The molecule has 3 heterocycles. The second kappa shape index (κ2) is 12.1. The van der Waals surface area contributed by atoms with E-state index in [1.807, 2.05) is 49.4 Å². The van der Waals surface area contributed by atoms with E-state index in [-0.39, 0.29) is 0 Å². The van der Waals surface area contributed by atoms with Crippen LogP contribution >= 0.6 is 11.3 Å². The average molecular weight is 648 g/mol. The number of hydrogen-bond donors (Lipinski definition) is 0. The zero-order valence-electron chi connectivity index (χ0n) is 26.7. The molecule has 232 valence electrons. The van der Waals surface area contributed by atoms with Gasteiger partial charge < -0.3 is 4.42 Å². The summed E-state index contributed by atoms with van der Waals surface area (Å²) in [5, 5.41) is 4.37. The molecule has 5 heteroatoms. The number of aromatic nitrogens is 3. The van der Waals surface area contributed by atoms with E-state index >= 15 is 0 Å². The van der Waals surface area contributed by atoms with Crippen LogP contribution in [0.15, 0.2) is 156 Å². The fourth-order valence-electron chi connectivity index (χ4n) is 6.63. The van der Waals surface area contributed by atoms with E-state index in [9.17, 15) is 0 Å². The highest BCUT2D eigenvalue weighted by Crippen LogP contribution is 2.44. The first-order valence-corrected chi connectivity index (χ1v) is 17.1. The molecule has 0 saturated carbocycles. The lowest BCUT2D eigenvalue weighted by atomic mass is 9.94. The van der Waals surface area contributed by atoms with Crippen LogP contribution in [0.25, 0.3) is 93.5 Å². The maximum absolute atomic E-state index is 6.42. The van der Waals surface area contributed by atoms with Crippen LogP contribution in [0.2, 0.25) is 0 Å². The van der Waals surface area contributed by atoms with Crippen LogP contribution in [0.5, 0.6) is 0 Å². The minimum Gasteiger partial charge on any atom is -0.456 e. The van der Waals surface area contributed by atoms with E-state index in [0.717, 1.165) is 60.7 Å². The minimum atomic E-state index is 0.601. The Bertz CT molecular complexity index is 2720. The Labute approximate surface area is 287 Å². The predicted octanol–water partition coefficient (Wildman–Crippen LogP) is 12.4. The molecule has 0 saturated heterocycles. The van der Waals surface area contributed by atoms with Gasteiger partial charge in [-0.3, -0.25) is 0 Å². The molecular weight excluding hydrogens is 619 g/mol. The standard InChI is InChI=1S/C44H29N3OS/c1-2-3-5-13-28-22-24-29(25-23-28)31-26-27-36-40(32-16-8-10-19-35(32)48-36)41(31)44-46-42(30-14-6-4-7-15-30)45-43(47-44)34-18-12-21-38-39(34)33-17-9-11-20-37(33)49-38/h2-27H,1H3/b3-2-,13-5-. The number of rotatable bonds is 6. The zero-order chi connectivity index (χ0) is 32.7. The molecule has 0 N–H and O–H groups in total. The average Bonchev–Trinajstić information content (AvgIpc) is 3.74. The molecule has 0 radical (unpaired) electrons. The van der Waals surface area contributed by atoms with Crippen molar-refractivity contribution in [3.63, 3.8) is 0 Å². The Morgan fingerprint density at radius 2 is 1.24 bits per heavy atom. The SMILES string of the molecule is C/C=C\C=C/c1ccc(-c2ccc3oc4ccccc4c3c2-c2nc(-c3ccccc3)nc(-c3cccc4sc5ccccc5c34)n2)cc1. The lowest BCUT2D eigenvalue weighted by Gasteiger charge is -2.14. The third kappa shape index (κ3) is 5.12. The summed E-state index contributed by atoms with van der Waals surface area (Å²) in [6.07, 6.45) is 8.22. The van der Waals surface area contributed by atoms with Crippen molar-refractivity contribution in [1.29, 1.82) is 0 Å². The molecule has 9 rings (SSSR count). The summed E-state index contributed by atoms with van der Waals surface area (Å²) < 4.78 is 8.86. The van der Waals surface area contributed by atoms with Crippen molar-refractivity contribution in [3.05, 3.63) is 157 Å². The van der Waals surface area contributed by atoms with Crippen LogP contribution in [-0.4, -0.2) is 15.0 Å². The molecule has 4 nitrogen and oxygen atoms in total. The Morgan fingerprint density at radius 3 is 2.10 bits per heavy atom. The van der Waals surface area contributed by atoms with Crippen molar-refractivity contribution in [1.82, 2.24) is 15.0 Å². The van der Waals surface area contributed by atoms with Crippen molar-refractivity contribution >= 4 is 59.5 Å². The Kier molecular flexibility index (Phi) is 7.18. The number of para-hydroxylation sites is 1. The van der Waals surface area contributed by atoms with Gasteiger partial charge in [-0.2, -0.15) is 0 Å². The Morgan fingerprint density at radius 1 is 0.510 bits per heavy atom. The number of hydrogen-bond acceptors (Lipinski definition) is 5. The first kappa shape index (κ1) is 29.0. The highest BCUT2D eigenvalue weighted by atomic mass is 32.1. The number of nitrogens with zero attached hydrogens (tertiary/aromatic N) is 3. The summed E-state index contributed by atoms with van der Waals surface area (Å²) in [4.78, 5) is 15.7. The maximum Gasteiger partial charge on any atom is 0.165 e. The van der Waals surface area contributed by atoms with Crippen LogP contribution < -0.4 is 0 Å². The summed E-state index contributed by atoms with van der Waals surface area (Å²) in [6, 6.07) is 46.1. The van der Waals surface area contributed by atoms with Gasteiger partial charge in [0.05, 0.1) is 0 Å². The largest absolute Gasteiger partial charge is 0.456 e. The lowest BCUT2D eigenvalue weighted by molar-refractivity contribution is 0.669. The van der Waals surface area contributed by atoms with E-state index in [2.05, 4.69) is 115 Å². The highest BCUT2D eigenvalue weighted by molar-refractivity contribution is 7.25. The second-order valence-corrected chi connectivity index (χ2v) is 13.0. The van der Waals surface area contributed by atoms with Crippen LogP contribution in [0, 0.1) is 0 Å². The number of fused-ring (bicyclic) bond motifs is 6. The zero-order valence-corrected chi connectivity index (χ0v) is 27.5. The van der Waals surface area contributed by atoms with E-state index < -0.39 is 0 Å². The van der Waals surface area contributed by atoms with E-state index in [4.69, 9.17) is 19.4 Å². The third-order valence-corrected chi connectivity index (χ3v) is 10.0. The van der Waals surface area contributed by atoms with Gasteiger partial charge in [-0.15, -0.1) is 11.3 Å². The summed E-state index contributed by atoms with van der Waals surface area (Å²) in [5.74, 6) is 1.86. The molecule has 0 atom stereocenters. The van der Waals surface area contributed by atoms with E-state index in [0.29, 0.717) is 17.5 Å². The van der Waals surface area contributed by atoms with Gasteiger partial charge in [0, 0.05) is 47.6 Å². The van der Waals surface area contributed by atoms with Gasteiger partial charge in [0.25, 0.3) is 0 Å². The molecule has 6 aromatic carbocycles. The van der Waals surface area contributed by atoms with Gasteiger partial charge in [-0.25, -0.2) is 15.0 Å². The molecule has 49 heavy (non-hydrogen) atoms. The summed E-state index contributed by atoms with van der Waals surface area (Å²) in [7, 11) is 0. The van der Waals surface area contributed by atoms with Crippen LogP contribution in [0.1, 0.15) is 12.5 Å². The first-order chi connectivity index (χ1) is 24.2. The molecule has 0 spiro atoms. The first-order valence-electron chi connectivity index (χ1n) is 16.3. The molecule has 0 amide bonds. The molecule has 9 aromatic rings. The topological polar surface area (TPSA) is 51.8 Å². The van der Waals surface area contributed by atoms with Gasteiger partial charge in [-0.1, -0.05) is 127 Å². The summed E-state index contributed by atoms with van der Waals surface area (Å²) in [6.45, 7) is 2.02. The second-order valence-electron chi connectivity index (χ2n) is 11.9. The van der Waals surface area contributed by atoms with Crippen LogP contribution in [0.3, 0.4) is 0 Å². The van der Waals surface area contributed by atoms with Gasteiger partial charge in [0.15, 0.2) is 17.5 Å². The van der Waals surface area contributed by atoms with Gasteiger partial charge in [0.2, 0.25) is 0 Å². The fourth-order valence-corrected chi connectivity index (χ4v) is 7.76. The Balaban J connectivity index is 1.35.